The SMILES string of the molecule is CCC1CCCC(OC2CCCC2NC)C1. The summed E-state index contributed by atoms with van der Waals surface area (Å²) in [4.78, 5) is 0. The highest BCUT2D eigenvalue weighted by Gasteiger charge is 2.30. The van der Waals surface area contributed by atoms with Crippen LogP contribution in [0.1, 0.15) is 58.3 Å². The van der Waals surface area contributed by atoms with E-state index in [1.165, 1.54) is 51.4 Å². The Morgan fingerprint density at radius 3 is 2.69 bits per heavy atom. The monoisotopic (exact) mass is 225 g/mol. The minimum atomic E-state index is 0.491. The zero-order valence-corrected chi connectivity index (χ0v) is 10.9. The molecule has 2 heteroatoms. The van der Waals surface area contributed by atoms with E-state index in [9.17, 15) is 0 Å². The van der Waals surface area contributed by atoms with Crippen molar-refractivity contribution < 1.29 is 4.74 Å². The predicted octanol–water partition coefficient (Wildman–Crippen LogP) is 3.11. The van der Waals surface area contributed by atoms with Crippen LogP contribution in [0.15, 0.2) is 0 Å². The maximum atomic E-state index is 6.33. The summed E-state index contributed by atoms with van der Waals surface area (Å²) in [6, 6.07) is 0.613. The summed E-state index contributed by atoms with van der Waals surface area (Å²) in [5.41, 5.74) is 0. The second-order valence-electron chi connectivity index (χ2n) is 5.56. The number of hydrogen-bond donors (Lipinski definition) is 1. The van der Waals surface area contributed by atoms with Gasteiger partial charge in [0.25, 0.3) is 0 Å². The van der Waals surface area contributed by atoms with E-state index in [2.05, 4.69) is 19.3 Å². The van der Waals surface area contributed by atoms with Gasteiger partial charge in [0.1, 0.15) is 0 Å². The number of ether oxygens (including phenoxy) is 1. The molecule has 4 atom stereocenters. The molecule has 0 amide bonds. The van der Waals surface area contributed by atoms with Gasteiger partial charge in [0.15, 0.2) is 0 Å². The number of rotatable bonds is 4. The van der Waals surface area contributed by atoms with E-state index in [0.29, 0.717) is 18.2 Å². The highest BCUT2D eigenvalue weighted by atomic mass is 16.5. The summed E-state index contributed by atoms with van der Waals surface area (Å²) in [7, 11) is 2.07. The first-order valence-electron chi connectivity index (χ1n) is 7.16. The van der Waals surface area contributed by atoms with E-state index in [0.717, 1.165) is 5.92 Å². The quantitative estimate of drug-likeness (QED) is 0.794. The van der Waals surface area contributed by atoms with Gasteiger partial charge in [-0.2, -0.15) is 0 Å². The van der Waals surface area contributed by atoms with Crippen LogP contribution in [-0.2, 0) is 4.74 Å². The molecule has 0 aromatic rings. The molecule has 1 N–H and O–H groups in total. The molecule has 0 spiro atoms. The first-order valence-corrected chi connectivity index (χ1v) is 7.16. The zero-order valence-electron chi connectivity index (χ0n) is 10.9. The van der Waals surface area contributed by atoms with Crippen LogP contribution in [-0.4, -0.2) is 25.3 Å². The molecular weight excluding hydrogens is 198 g/mol. The van der Waals surface area contributed by atoms with Crippen LogP contribution in [0.4, 0.5) is 0 Å². The van der Waals surface area contributed by atoms with Crippen LogP contribution < -0.4 is 5.32 Å². The maximum absolute atomic E-state index is 6.33. The van der Waals surface area contributed by atoms with Gasteiger partial charge in [-0.3, -0.25) is 0 Å². The molecule has 0 radical (unpaired) electrons. The average Bonchev–Trinajstić information content (AvgIpc) is 2.76. The van der Waals surface area contributed by atoms with Gasteiger partial charge in [-0.15, -0.1) is 0 Å². The molecule has 16 heavy (non-hydrogen) atoms. The van der Waals surface area contributed by atoms with Crippen molar-refractivity contribution in [2.24, 2.45) is 5.92 Å². The van der Waals surface area contributed by atoms with Crippen LogP contribution in [0, 0.1) is 5.92 Å². The summed E-state index contributed by atoms with van der Waals surface area (Å²) >= 11 is 0. The fourth-order valence-corrected chi connectivity index (χ4v) is 3.40. The minimum Gasteiger partial charge on any atom is -0.373 e. The smallest absolute Gasteiger partial charge is 0.0731 e. The molecule has 94 valence electrons. The van der Waals surface area contributed by atoms with E-state index in [-0.39, 0.29) is 0 Å². The number of likely N-dealkylation sites (N-methyl/N-ethyl adjacent to an activating group) is 1. The highest BCUT2D eigenvalue weighted by molar-refractivity contribution is 4.85. The molecule has 2 nitrogen and oxygen atoms in total. The predicted molar refractivity (Wildman–Crippen MR) is 67.6 cm³/mol. The van der Waals surface area contributed by atoms with Crippen LogP contribution in [0.5, 0.6) is 0 Å². The summed E-state index contributed by atoms with van der Waals surface area (Å²) in [6.07, 6.45) is 11.7. The number of hydrogen-bond acceptors (Lipinski definition) is 2. The molecule has 0 bridgehead atoms. The standard InChI is InChI=1S/C14H27NO/c1-3-11-6-4-7-12(10-11)16-14-9-5-8-13(14)15-2/h11-15H,3-10H2,1-2H3. The van der Waals surface area contributed by atoms with E-state index in [1.54, 1.807) is 0 Å². The van der Waals surface area contributed by atoms with Crippen molar-refractivity contribution in [1.82, 2.24) is 5.32 Å². The number of nitrogens with one attached hydrogen (secondary N) is 1. The largest absolute Gasteiger partial charge is 0.373 e. The topological polar surface area (TPSA) is 21.3 Å². The molecule has 0 aromatic carbocycles. The first kappa shape index (κ1) is 12.4. The summed E-state index contributed by atoms with van der Waals surface area (Å²) in [6.45, 7) is 2.32. The van der Waals surface area contributed by atoms with Crippen LogP contribution >= 0.6 is 0 Å². The Bertz CT molecular complexity index is 207. The molecule has 2 rings (SSSR count). The van der Waals surface area contributed by atoms with E-state index in [1.807, 2.05) is 0 Å². The zero-order chi connectivity index (χ0) is 11.4. The molecule has 0 aromatic heterocycles. The van der Waals surface area contributed by atoms with Crippen molar-refractivity contribution >= 4 is 0 Å². The van der Waals surface area contributed by atoms with Gasteiger partial charge in [0, 0.05) is 6.04 Å². The Morgan fingerprint density at radius 1 is 1.12 bits per heavy atom. The van der Waals surface area contributed by atoms with Crippen LogP contribution in [0.2, 0.25) is 0 Å². The Balaban J connectivity index is 1.79. The van der Waals surface area contributed by atoms with E-state index in [4.69, 9.17) is 4.74 Å². The van der Waals surface area contributed by atoms with Gasteiger partial charge in [0.2, 0.25) is 0 Å². The summed E-state index contributed by atoms with van der Waals surface area (Å²) < 4.78 is 6.33. The van der Waals surface area contributed by atoms with Crippen molar-refractivity contribution in [3.8, 4) is 0 Å². The van der Waals surface area contributed by atoms with Gasteiger partial charge >= 0.3 is 0 Å². The van der Waals surface area contributed by atoms with Crippen molar-refractivity contribution in [1.29, 1.82) is 0 Å². The molecule has 0 aliphatic heterocycles. The summed E-state index contributed by atoms with van der Waals surface area (Å²) in [5.74, 6) is 0.924. The Hall–Kier alpha value is -0.0800. The lowest BCUT2D eigenvalue weighted by Crippen LogP contribution is -2.38. The third-order valence-corrected chi connectivity index (χ3v) is 4.50. The fourth-order valence-electron chi connectivity index (χ4n) is 3.40. The van der Waals surface area contributed by atoms with Gasteiger partial charge in [-0.05, 0) is 45.1 Å². The molecule has 2 saturated carbocycles. The Kier molecular flexibility index (Phi) is 4.66. The molecule has 2 fully saturated rings. The molecular formula is C14H27NO. The lowest BCUT2D eigenvalue weighted by Gasteiger charge is -2.32. The lowest BCUT2D eigenvalue weighted by molar-refractivity contribution is -0.0468. The fraction of sp³-hybridized carbons (Fsp3) is 1.00. The maximum Gasteiger partial charge on any atom is 0.0731 e. The Labute approximate surface area is 100 Å². The molecule has 4 unspecified atom stereocenters. The van der Waals surface area contributed by atoms with Gasteiger partial charge in [0.05, 0.1) is 12.2 Å². The molecule has 2 aliphatic carbocycles. The van der Waals surface area contributed by atoms with Crippen molar-refractivity contribution in [3.05, 3.63) is 0 Å². The molecule has 0 heterocycles. The van der Waals surface area contributed by atoms with Crippen LogP contribution in [0.25, 0.3) is 0 Å². The lowest BCUT2D eigenvalue weighted by atomic mass is 9.85. The summed E-state index contributed by atoms with van der Waals surface area (Å²) in [5, 5.41) is 3.40. The first-order chi connectivity index (χ1) is 7.83. The normalized spacial score (nSPS) is 40.1. The Morgan fingerprint density at radius 2 is 1.94 bits per heavy atom. The van der Waals surface area contributed by atoms with Gasteiger partial charge in [-0.1, -0.05) is 26.2 Å². The average molecular weight is 225 g/mol. The third-order valence-electron chi connectivity index (χ3n) is 4.50. The second-order valence-corrected chi connectivity index (χ2v) is 5.56. The minimum absolute atomic E-state index is 0.491. The van der Waals surface area contributed by atoms with Crippen molar-refractivity contribution in [2.75, 3.05) is 7.05 Å². The van der Waals surface area contributed by atoms with Crippen molar-refractivity contribution in [3.63, 3.8) is 0 Å². The third kappa shape index (κ3) is 2.98. The highest BCUT2D eigenvalue weighted by Crippen LogP contribution is 2.32. The molecule has 0 saturated heterocycles. The van der Waals surface area contributed by atoms with Crippen molar-refractivity contribution in [2.45, 2.75) is 76.5 Å². The van der Waals surface area contributed by atoms with E-state index < -0.39 is 0 Å². The molecule has 2 aliphatic rings. The van der Waals surface area contributed by atoms with E-state index >= 15 is 0 Å². The second kappa shape index (κ2) is 6.02. The van der Waals surface area contributed by atoms with Gasteiger partial charge < -0.3 is 10.1 Å². The van der Waals surface area contributed by atoms with Crippen LogP contribution in [0.3, 0.4) is 0 Å². The van der Waals surface area contributed by atoms with Gasteiger partial charge in [-0.25, -0.2) is 0 Å².